The molecule has 0 fully saturated rings. The Bertz CT molecular complexity index is 792. The number of esters is 1. The molecule has 0 aliphatic heterocycles. The number of hydrogen-bond donors (Lipinski definition) is 1. The first-order chi connectivity index (χ1) is 13.0. The van der Waals surface area contributed by atoms with Gasteiger partial charge < -0.3 is 10.1 Å². The normalized spacial score (nSPS) is 11.4. The second kappa shape index (κ2) is 10.1. The van der Waals surface area contributed by atoms with Crippen molar-refractivity contribution < 1.29 is 19.2 Å². The van der Waals surface area contributed by atoms with Gasteiger partial charge in [0.05, 0.1) is 11.5 Å². The molecule has 0 aromatic heterocycles. The molecule has 2 aromatic carbocycles. The van der Waals surface area contributed by atoms with Gasteiger partial charge in [-0.05, 0) is 24.5 Å². The summed E-state index contributed by atoms with van der Waals surface area (Å²) >= 11 is 0. The van der Waals surface area contributed by atoms with Gasteiger partial charge in [-0.3, -0.25) is 14.9 Å². The van der Waals surface area contributed by atoms with Gasteiger partial charge in [-0.15, -0.1) is 0 Å². The molecule has 0 bridgehead atoms. The summed E-state index contributed by atoms with van der Waals surface area (Å²) < 4.78 is 5.03. The van der Waals surface area contributed by atoms with Crippen LogP contribution in [0.25, 0.3) is 0 Å². The van der Waals surface area contributed by atoms with Crippen molar-refractivity contribution in [2.24, 2.45) is 0 Å². The van der Waals surface area contributed by atoms with Gasteiger partial charge in [-0.25, -0.2) is 4.79 Å². The van der Waals surface area contributed by atoms with Crippen LogP contribution in [-0.2, 0) is 27.2 Å². The fraction of sp³-hybridized carbons (Fsp3) is 0.300. The van der Waals surface area contributed by atoms with E-state index in [1.54, 1.807) is 19.1 Å². The standard InChI is InChI=1S/C20H22N2O5/c1-2-27-20(24)18(14-16-9-6-10-17(13-16)22(25)26)21-19(23)12-11-15-7-4-3-5-8-15/h3-10,13,18H,2,11-12,14H2,1H3,(H,21,23). The van der Waals surface area contributed by atoms with E-state index in [9.17, 15) is 19.7 Å². The summed E-state index contributed by atoms with van der Waals surface area (Å²) in [5, 5.41) is 13.6. The number of ether oxygens (including phenoxy) is 1. The number of nitro benzene ring substituents is 1. The van der Waals surface area contributed by atoms with Crippen LogP contribution < -0.4 is 5.32 Å². The highest BCUT2D eigenvalue weighted by molar-refractivity contribution is 5.84. The summed E-state index contributed by atoms with van der Waals surface area (Å²) in [7, 11) is 0. The van der Waals surface area contributed by atoms with E-state index in [1.165, 1.54) is 12.1 Å². The number of benzene rings is 2. The third-order valence-corrected chi connectivity index (χ3v) is 3.95. The van der Waals surface area contributed by atoms with E-state index >= 15 is 0 Å². The monoisotopic (exact) mass is 370 g/mol. The fourth-order valence-corrected chi connectivity index (χ4v) is 2.64. The molecule has 0 aliphatic rings. The Morgan fingerprint density at radius 1 is 1.11 bits per heavy atom. The van der Waals surface area contributed by atoms with Crippen molar-refractivity contribution in [3.63, 3.8) is 0 Å². The molecule has 142 valence electrons. The number of amides is 1. The highest BCUT2D eigenvalue weighted by Gasteiger charge is 2.23. The highest BCUT2D eigenvalue weighted by atomic mass is 16.6. The molecule has 1 amide bonds. The van der Waals surface area contributed by atoms with Crippen LogP contribution in [0.3, 0.4) is 0 Å². The molecule has 0 saturated carbocycles. The Balaban J connectivity index is 2.03. The van der Waals surface area contributed by atoms with Crippen LogP contribution in [0.2, 0.25) is 0 Å². The van der Waals surface area contributed by atoms with Crippen LogP contribution in [0.1, 0.15) is 24.5 Å². The molecule has 0 radical (unpaired) electrons. The summed E-state index contributed by atoms with van der Waals surface area (Å²) in [6.07, 6.45) is 0.908. The lowest BCUT2D eigenvalue weighted by Gasteiger charge is -2.17. The van der Waals surface area contributed by atoms with E-state index in [1.807, 2.05) is 30.3 Å². The molecule has 0 saturated heterocycles. The summed E-state index contributed by atoms with van der Waals surface area (Å²) in [5.41, 5.74) is 1.54. The summed E-state index contributed by atoms with van der Waals surface area (Å²) in [6, 6.07) is 14.7. The van der Waals surface area contributed by atoms with Crippen LogP contribution in [0.5, 0.6) is 0 Å². The van der Waals surface area contributed by atoms with Crippen molar-refractivity contribution in [3.05, 3.63) is 75.8 Å². The molecule has 2 rings (SSSR count). The number of non-ortho nitro benzene ring substituents is 1. The Hall–Kier alpha value is -3.22. The lowest BCUT2D eigenvalue weighted by atomic mass is 10.0. The summed E-state index contributed by atoms with van der Waals surface area (Å²) in [6.45, 7) is 1.86. The summed E-state index contributed by atoms with van der Waals surface area (Å²) in [4.78, 5) is 34.9. The predicted octanol–water partition coefficient (Wildman–Crippen LogP) is 2.82. The third kappa shape index (κ3) is 6.54. The predicted molar refractivity (Wildman–Crippen MR) is 100 cm³/mol. The first-order valence-electron chi connectivity index (χ1n) is 8.73. The van der Waals surface area contributed by atoms with Crippen molar-refractivity contribution in [3.8, 4) is 0 Å². The first-order valence-corrected chi connectivity index (χ1v) is 8.73. The van der Waals surface area contributed by atoms with Crippen molar-refractivity contribution >= 4 is 17.6 Å². The fourth-order valence-electron chi connectivity index (χ4n) is 2.64. The topological polar surface area (TPSA) is 98.5 Å². The highest BCUT2D eigenvalue weighted by Crippen LogP contribution is 2.15. The quantitative estimate of drug-likeness (QED) is 0.416. The lowest BCUT2D eigenvalue weighted by Crippen LogP contribution is -2.43. The van der Waals surface area contributed by atoms with Crippen LogP contribution in [0.4, 0.5) is 5.69 Å². The number of aryl methyl sites for hydroxylation is 1. The minimum Gasteiger partial charge on any atom is -0.464 e. The molecule has 1 unspecified atom stereocenters. The number of hydrogen-bond acceptors (Lipinski definition) is 5. The lowest BCUT2D eigenvalue weighted by molar-refractivity contribution is -0.384. The smallest absolute Gasteiger partial charge is 0.328 e. The molecule has 7 nitrogen and oxygen atoms in total. The maximum Gasteiger partial charge on any atom is 0.328 e. The molecular formula is C20H22N2O5. The number of nitrogens with one attached hydrogen (secondary N) is 1. The van der Waals surface area contributed by atoms with Gasteiger partial charge in [0.15, 0.2) is 0 Å². The number of carbonyl (C=O) groups is 2. The molecule has 2 aromatic rings. The zero-order valence-corrected chi connectivity index (χ0v) is 15.1. The average Bonchev–Trinajstić information content (AvgIpc) is 2.67. The van der Waals surface area contributed by atoms with Gasteiger partial charge in [-0.1, -0.05) is 42.5 Å². The molecule has 0 aliphatic carbocycles. The van der Waals surface area contributed by atoms with Gasteiger partial charge >= 0.3 is 5.97 Å². The van der Waals surface area contributed by atoms with E-state index in [-0.39, 0.29) is 31.0 Å². The zero-order chi connectivity index (χ0) is 19.6. The van der Waals surface area contributed by atoms with Crippen LogP contribution in [0.15, 0.2) is 54.6 Å². The molecule has 1 atom stereocenters. The van der Waals surface area contributed by atoms with Crippen molar-refractivity contribution in [1.29, 1.82) is 0 Å². The third-order valence-electron chi connectivity index (χ3n) is 3.95. The molecule has 1 N–H and O–H groups in total. The van der Waals surface area contributed by atoms with E-state index in [4.69, 9.17) is 4.74 Å². The SMILES string of the molecule is CCOC(=O)C(Cc1cccc([N+](=O)[O-])c1)NC(=O)CCc1ccccc1. The Morgan fingerprint density at radius 2 is 1.81 bits per heavy atom. The Labute approximate surface area is 157 Å². The largest absolute Gasteiger partial charge is 0.464 e. The number of nitrogens with zero attached hydrogens (tertiary/aromatic N) is 1. The number of nitro groups is 1. The van der Waals surface area contributed by atoms with Gasteiger partial charge in [0, 0.05) is 25.0 Å². The van der Waals surface area contributed by atoms with Crippen molar-refractivity contribution in [2.45, 2.75) is 32.2 Å². The van der Waals surface area contributed by atoms with E-state index in [0.717, 1.165) is 5.56 Å². The van der Waals surface area contributed by atoms with E-state index in [0.29, 0.717) is 12.0 Å². The minimum absolute atomic E-state index is 0.0643. The van der Waals surface area contributed by atoms with Crippen molar-refractivity contribution in [2.75, 3.05) is 6.61 Å². The van der Waals surface area contributed by atoms with Crippen LogP contribution in [0, 0.1) is 10.1 Å². The average molecular weight is 370 g/mol. The molecule has 7 heteroatoms. The zero-order valence-electron chi connectivity index (χ0n) is 15.1. The minimum atomic E-state index is -0.893. The second-order valence-corrected chi connectivity index (χ2v) is 5.99. The van der Waals surface area contributed by atoms with Gasteiger partial charge in [0.2, 0.25) is 5.91 Å². The van der Waals surface area contributed by atoms with Gasteiger partial charge in [0.1, 0.15) is 6.04 Å². The maximum atomic E-state index is 12.3. The summed E-state index contributed by atoms with van der Waals surface area (Å²) in [5.74, 6) is -0.834. The number of carbonyl (C=O) groups excluding carboxylic acids is 2. The van der Waals surface area contributed by atoms with Crippen LogP contribution >= 0.6 is 0 Å². The first kappa shape index (κ1) is 20.1. The second-order valence-electron chi connectivity index (χ2n) is 5.99. The molecule has 27 heavy (non-hydrogen) atoms. The maximum absolute atomic E-state index is 12.3. The van der Waals surface area contributed by atoms with Crippen LogP contribution in [-0.4, -0.2) is 29.4 Å². The molecule has 0 spiro atoms. The van der Waals surface area contributed by atoms with E-state index in [2.05, 4.69) is 5.32 Å². The van der Waals surface area contributed by atoms with Crippen molar-refractivity contribution in [1.82, 2.24) is 5.32 Å². The van der Waals surface area contributed by atoms with E-state index < -0.39 is 16.9 Å². The van der Waals surface area contributed by atoms with Gasteiger partial charge in [-0.2, -0.15) is 0 Å². The molecule has 0 heterocycles. The Kier molecular flexibility index (Phi) is 7.49. The van der Waals surface area contributed by atoms with Gasteiger partial charge in [0.25, 0.3) is 5.69 Å². The Morgan fingerprint density at radius 3 is 2.48 bits per heavy atom. The number of rotatable bonds is 9. The molecular weight excluding hydrogens is 348 g/mol.